The molecule has 0 atom stereocenters. The molecule has 4 nitrogen and oxygen atoms in total. The second-order valence-corrected chi connectivity index (χ2v) is 10.4. The molecular formula is C27H40O4. The summed E-state index contributed by atoms with van der Waals surface area (Å²) < 4.78 is 0. The van der Waals surface area contributed by atoms with E-state index in [-0.39, 0.29) is 5.41 Å². The van der Waals surface area contributed by atoms with Gasteiger partial charge in [-0.1, -0.05) is 31.7 Å². The molecule has 3 rings (SSSR count). The first-order valence-corrected chi connectivity index (χ1v) is 12.3. The van der Waals surface area contributed by atoms with Crippen LogP contribution in [0.1, 0.15) is 105 Å². The third-order valence-corrected chi connectivity index (χ3v) is 8.17. The lowest BCUT2D eigenvalue weighted by atomic mass is 9.88. The molecule has 0 aliphatic heterocycles. The molecule has 0 unspecified atom stereocenters. The van der Waals surface area contributed by atoms with Gasteiger partial charge < -0.3 is 10.2 Å². The highest BCUT2D eigenvalue weighted by molar-refractivity contribution is 5.78. The van der Waals surface area contributed by atoms with Gasteiger partial charge in [-0.2, -0.15) is 0 Å². The van der Waals surface area contributed by atoms with Gasteiger partial charge in [0.15, 0.2) is 0 Å². The normalized spacial score (nSPS) is 18.0. The van der Waals surface area contributed by atoms with E-state index in [4.69, 9.17) is 0 Å². The van der Waals surface area contributed by atoms with Gasteiger partial charge in [0, 0.05) is 0 Å². The number of benzene rings is 1. The number of hydrogen-bond donors (Lipinski definition) is 2. The van der Waals surface area contributed by atoms with Crippen molar-refractivity contribution >= 4 is 11.9 Å². The number of aliphatic carboxylic acids is 2. The third-order valence-electron chi connectivity index (χ3n) is 8.17. The summed E-state index contributed by atoms with van der Waals surface area (Å²) in [6.45, 7) is 6.67. The van der Waals surface area contributed by atoms with E-state index in [0.29, 0.717) is 0 Å². The van der Waals surface area contributed by atoms with Crippen molar-refractivity contribution in [2.24, 2.45) is 10.8 Å². The molecular weight excluding hydrogens is 388 g/mol. The summed E-state index contributed by atoms with van der Waals surface area (Å²) in [7, 11) is 0. The fraction of sp³-hybridized carbons (Fsp3) is 0.704. The highest BCUT2D eigenvalue weighted by Gasteiger charge is 2.49. The Morgan fingerprint density at radius 3 is 1.74 bits per heavy atom. The van der Waals surface area contributed by atoms with Crippen LogP contribution in [0.3, 0.4) is 0 Å². The van der Waals surface area contributed by atoms with Crippen molar-refractivity contribution in [1.29, 1.82) is 0 Å². The molecule has 0 heterocycles. The van der Waals surface area contributed by atoms with Crippen molar-refractivity contribution in [3.05, 3.63) is 33.9 Å². The molecule has 2 aliphatic rings. The molecule has 31 heavy (non-hydrogen) atoms. The summed E-state index contributed by atoms with van der Waals surface area (Å²) in [6, 6.07) is 2.35. The smallest absolute Gasteiger partial charge is 0.309 e. The van der Waals surface area contributed by atoms with Gasteiger partial charge in [-0.3, -0.25) is 9.59 Å². The molecule has 2 N–H and O–H groups in total. The van der Waals surface area contributed by atoms with E-state index in [1.165, 1.54) is 27.8 Å². The number of aryl methyl sites for hydroxylation is 2. The molecule has 2 saturated carbocycles. The molecule has 0 amide bonds. The molecule has 0 radical (unpaired) electrons. The Balaban J connectivity index is 1.44. The molecule has 1 aromatic rings. The predicted molar refractivity (Wildman–Crippen MR) is 124 cm³/mol. The van der Waals surface area contributed by atoms with Gasteiger partial charge in [0.05, 0.1) is 10.8 Å². The highest BCUT2D eigenvalue weighted by atomic mass is 16.4. The van der Waals surface area contributed by atoms with Crippen LogP contribution >= 0.6 is 0 Å². The molecule has 4 heteroatoms. The molecule has 0 saturated heterocycles. The van der Waals surface area contributed by atoms with E-state index in [1.807, 2.05) is 0 Å². The monoisotopic (exact) mass is 428 g/mol. The number of carboxylic acid groups (broad SMARTS) is 2. The highest BCUT2D eigenvalue weighted by Crippen LogP contribution is 2.50. The average Bonchev–Trinajstić information content (AvgIpc) is 3.63. The summed E-state index contributed by atoms with van der Waals surface area (Å²) in [5.74, 6) is -1.20. The largest absolute Gasteiger partial charge is 0.481 e. The number of carbonyl (C=O) groups is 2. The zero-order valence-electron chi connectivity index (χ0n) is 19.7. The molecule has 0 aromatic heterocycles. The van der Waals surface area contributed by atoms with E-state index in [2.05, 4.69) is 26.8 Å². The van der Waals surface area contributed by atoms with Gasteiger partial charge in [0.1, 0.15) is 0 Å². The summed E-state index contributed by atoms with van der Waals surface area (Å²) in [5, 5.41) is 18.6. The third kappa shape index (κ3) is 5.70. The predicted octanol–water partition coefficient (Wildman–Crippen LogP) is 6.55. The molecule has 1 aromatic carbocycles. The zero-order chi connectivity index (χ0) is 22.6. The van der Waals surface area contributed by atoms with E-state index in [1.54, 1.807) is 0 Å². The number of hydrogen-bond acceptors (Lipinski definition) is 2. The van der Waals surface area contributed by atoms with E-state index in [9.17, 15) is 19.8 Å². The van der Waals surface area contributed by atoms with Gasteiger partial charge >= 0.3 is 11.9 Å². The van der Waals surface area contributed by atoms with Crippen LogP contribution in [-0.4, -0.2) is 22.2 Å². The van der Waals surface area contributed by atoms with E-state index < -0.39 is 17.4 Å². The summed E-state index contributed by atoms with van der Waals surface area (Å²) in [4.78, 5) is 22.6. The summed E-state index contributed by atoms with van der Waals surface area (Å²) in [5.41, 5.74) is 6.32. The first-order chi connectivity index (χ1) is 14.7. The Morgan fingerprint density at radius 2 is 1.23 bits per heavy atom. The van der Waals surface area contributed by atoms with Gasteiger partial charge in [0.25, 0.3) is 0 Å². The van der Waals surface area contributed by atoms with Crippen LogP contribution in [0, 0.1) is 31.6 Å². The fourth-order valence-corrected chi connectivity index (χ4v) is 5.17. The maximum absolute atomic E-state index is 11.4. The van der Waals surface area contributed by atoms with Crippen molar-refractivity contribution in [2.75, 3.05) is 0 Å². The van der Waals surface area contributed by atoms with Gasteiger partial charge in [-0.25, -0.2) is 0 Å². The fourth-order valence-electron chi connectivity index (χ4n) is 5.17. The second kappa shape index (κ2) is 9.75. The minimum absolute atomic E-state index is 0.372. The average molecular weight is 429 g/mol. The number of carboxylic acids is 2. The Morgan fingerprint density at radius 1 is 0.742 bits per heavy atom. The van der Waals surface area contributed by atoms with E-state index >= 15 is 0 Å². The topological polar surface area (TPSA) is 74.6 Å². The van der Waals surface area contributed by atoms with Crippen molar-refractivity contribution in [3.63, 3.8) is 0 Å². The SMILES string of the molecule is Cc1cc(CCCCCCC2(C(=O)O)CC2)c(C)c(CCCCC2(C(=O)O)CC2)c1C. The number of unbranched alkanes of at least 4 members (excludes halogenated alkanes) is 4. The van der Waals surface area contributed by atoms with Crippen LogP contribution in [0.2, 0.25) is 0 Å². The van der Waals surface area contributed by atoms with Gasteiger partial charge in [-0.05, 0) is 113 Å². The molecule has 172 valence electrons. The van der Waals surface area contributed by atoms with Crippen molar-refractivity contribution in [2.45, 2.75) is 111 Å². The standard InChI is InChI=1S/C27H40O4/c1-19-18-22(10-6-4-5-8-12-26(14-15-26)24(28)29)21(3)23(20(19)2)11-7-9-13-27(16-17-27)25(30)31/h18H,4-17H2,1-3H3,(H,28,29)(H,30,31). The second-order valence-electron chi connectivity index (χ2n) is 10.4. The van der Waals surface area contributed by atoms with Crippen LogP contribution in [0.15, 0.2) is 6.07 Å². The Labute approximate surface area is 187 Å². The van der Waals surface area contributed by atoms with Crippen LogP contribution in [0.25, 0.3) is 0 Å². The van der Waals surface area contributed by atoms with Crippen LogP contribution in [0.5, 0.6) is 0 Å². The minimum atomic E-state index is -0.604. The lowest BCUT2D eigenvalue weighted by Crippen LogP contribution is -2.14. The number of rotatable bonds is 14. The summed E-state index contributed by atoms with van der Waals surface area (Å²) in [6.07, 6.45) is 13.8. The lowest BCUT2D eigenvalue weighted by Gasteiger charge is -2.18. The van der Waals surface area contributed by atoms with Crippen molar-refractivity contribution < 1.29 is 19.8 Å². The maximum atomic E-state index is 11.4. The summed E-state index contributed by atoms with van der Waals surface area (Å²) >= 11 is 0. The van der Waals surface area contributed by atoms with Gasteiger partial charge in [-0.15, -0.1) is 0 Å². The quantitative estimate of drug-likeness (QED) is 0.330. The van der Waals surface area contributed by atoms with Crippen LogP contribution in [-0.2, 0) is 22.4 Å². The first kappa shape index (κ1) is 23.8. The molecule has 2 aliphatic carbocycles. The van der Waals surface area contributed by atoms with E-state index in [0.717, 1.165) is 89.9 Å². The van der Waals surface area contributed by atoms with Crippen molar-refractivity contribution in [1.82, 2.24) is 0 Å². The first-order valence-electron chi connectivity index (χ1n) is 12.3. The van der Waals surface area contributed by atoms with Crippen LogP contribution in [0.4, 0.5) is 0 Å². The Kier molecular flexibility index (Phi) is 7.49. The van der Waals surface area contributed by atoms with Crippen LogP contribution < -0.4 is 0 Å². The molecule has 2 fully saturated rings. The maximum Gasteiger partial charge on any atom is 0.309 e. The lowest BCUT2D eigenvalue weighted by molar-refractivity contribution is -0.144. The van der Waals surface area contributed by atoms with Gasteiger partial charge in [0.2, 0.25) is 0 Å². The van der Waals surface area contributed by atoms with Crippen molar-refractivity contribution in [3.8, 4) is 0 Å². The molecule has 0 bridgehead atoms. The Hall–Kier alpha value is -1.84. The molecule has 0 spiro atoms. The zero-order valence-corrected chi connectivity index (χ0v) is 19.7. The Bertz CT molecular complexity index is 815. The minimum Gasteiger partial charge on any atom is -0.481 e.